The lowest BCUT2D eigenvalue weighted by molar-refractivity contribution is -0.127. The van der Waals surface area contributed by atoms with E-state index < -0.39 is 5.91 Å². The van der Waals surface area contributed by atoms with Crippen LogP contribution in [0.3, 0.4) is 0 Å². The van der Waals surface area contributed by atoms with Gasteiger partial charge in [0.2, 0.25) is 11.8 Å². The molecule has 0 radical (unpaired) electrons. The molecule has 4 aromatic rings. The van der Waals surface area contributed by atoms with Crippen LogP contribution < -0.4 is 11.1 Å². The predicted octanol–water partition coefficient (Wildman–Crippen LogP) is 1.69. The Morgan fingerprint density at radius 1 is 1.27 bits per heavy atom. The molecule has 0 saturated carbocycles. The van der Waals surface area contributed by atoms with Crippen molar-refractivity contribution in [2.45, 2.75) is 25.8 Å². The number of hydrogen-bond acceptors (Lipinski definition) is 8. The van der Waals surface area contributed by atoms with Gasteiger partial charge in [-0.25, -0.2) is 19.9 Å². The normalized spacial score (nSPS) is 16.0. The van der Waals surface area contributed by atoms with Crippen molar-refractivity contribution in [2.24, 2.45) is 0 Å². The molecule has 3 N–H and O–H groups in total. The molecule has 4 aromatic heterocycles. The van der Waals surface area contributed by atoms with Gasteiger partial charge in [0.25, 0.3) is 5.91 Å². The molecule has 1 unspecified atom stereocenters. The molecule has 0 spiro atoms. The molecule has 11 nitrogen and oxygen atoms in total. The van der Waals surface area contributed by atoms with Crippen LogP contribution in [0.1, 0.15) is 29.0 Å². The number of pyridine rings is 1. The maximum Gasteiger partial charge on any atom is 0.273 e. The third kappa shape index (κ3) is 3.67. The smallest absolute Gasteiger partial charge is 0.273 e. The Kier molecular flexibility index (Phi) is 5.00. The fraction of sp³-hybridized carbons (Fsp3) is 0.273. The molecule has 1 fully saturated rings. The molecular formula is C22H22N8O3. The molecule has 11 heteroatoms. The minimum atomic E-state index is -0.465. The van der Waals surface area contributed by atoms with Crippen LogP contribution in [0.5, 0.6) is 0 Å². The number of rotatable bonds is 5. The Bertz CT molecular complexity index is 1360. The molecule has 1 aliphatic rings. The molecular weight excluding hydrogens is 424 g/mol. The van der Waals surface area contributed by atoms with Crippen molar-refractivity contribution in [3.8, 4) is 22.8 Å². The van der Waals surface area contributed by atoms with E-state index >= 15 is 0 Å². The molecule has 2 amide bonds. The zero-order valence-electron chi connectivity index (χ0n) is 18.1. The number of amides is 2. The summed E-state index contributed by atoms with van der Waals surface area (Å²) < 4.78 is 7.36. The van der Waals surface area contributed by atoms with Gasteiger partial charge in [0.1, 0.15) is 17.6 Å². The molecule has 5 heterocycles. The first-order valence-electron chi connectivity index (χ1n) is 10.5. The first-order valence-corrected chi connectivity index (χ1v) is 10.5. The van der Waals surface area contributed by atoms with E-state index in [0.717, 1.165) is 11.3 Å². The second-order valence-electron chi connectivity index (χ2n) is 7.94. The summed E-state index contributed by atoms with van der Waals surface area (Å²) in [5, 5.41) is 2.83. The van der Waals surface area contributed by atoms with E-state index in [2.05, 4.69) is 25.3 Å². The highest BCUT2D eigenvalue weighted by molar-refractivity contribution is 5.97. The van der Waals surface area contributed by atoms with Crippen molar-refractivity contribution in [1.29, 1.82) is 0 Å². The topological polar surface area (TPSA) is 145 Å². The maximum absolute atomic E-state index is 13.0. The number of imidazole rings is 1. The Balaban J connectivity index is 1.53. The van der Waals surface area contributed by atoms with Gasteiger partial charge in [0.05, 0.1) is 6.20 Å². The van der Waals surface area contributed by atoms with E-state index in [4.69, 9.17) is 10.2 Å². The van der Waals surface area contributed by atoms with Gasteiger partial charge in [-0.1, -0.05) is 0 Å². The van der Waals surface area contributed by atoms with Gasteiger partial charge in [-0.05, 0) is 25.5 Å². The fourth-order valence-corrected chi connectivity index (χ4v) is 3.95. The van der Waals surface area contributed by atoms with Gasteiger partial charge in [-0.2, -0.15) is 0 Å². The van der Waals surface area contributed by atoms with Crippen LogP contribution in [0.4, 0.5) is 5.82 Å². The number of anilines is 1. The monoisotopic (exact) mass is 446 g/mol. The summed E-state index contributed by atoms with van der Waals surface area (Å²) >= 11 is 0. The van der Waals surface area contributed by atoms with Crippen molar-refractivity contribution in [3.05, 3.63) is 48.4 Å². The first-order chi connectivity index (χ1) is 15.9. The lowest BCUT2D eigenvalue weighted by Crippen LogP contribution is -2.40. The number of nitrogens with one attached hydrogen (secondary N) is 1. The Morgan fingerprint density at radius 2 is 2.12 bits per heavy atom. The van der Waals surface area contributed by atoms with Crippen LogP contribution >= 0.6 is 0 Å². The summed E-state index contributed by atoms with van der Waals surface area (Å²) in [5.41, 5.74) is 9.27. The van der Waals surface area contributed by atoms with Crippen molar-refractivity contribution in [2.75, 3.05) is 19.3 Å². The number of hydrogen-bond donors (Lipinski definition) is 2. The molecule has 33 heavy (non-hydrogen) atoms. The highest BCUT2D eigenvalue weighted by Gasteiger charge is 2.29. The number of fused-ring (bicyclic) bond motifs is 1. The van der Waals surface area contributed by atoms with Gasteiger partial charge >= 0.3 is 0 Å². The quantitative estimate of drug-likeness (QED) is 0.471. The molecule has 168 valence electrons. The van der Waals surface area contributed by atoms with E-state index in [1.807, 2.05) is 29.7 Å². The van der Waals surface area contributed by atoms with Gasteiger partial charge in [-0.3, -0.25) is 9.59 Å². The first kappa shape index (κ1) is 20.6. The number of carbonyl (C=O) groups excluding carboxylic acids is 2. The van der Waals surface area contributed by atoms with Crippen LogP contribution in [-0.4, -0.2) is 60.7 Å². The number of nitrogens with zero attached hydrogens (tertiary/aromatic N) is 6. The maximum atomic E-state index is 13.0. The molecule has 1 saturated heterocycles. The second kappa shape index (κ2) is 8.01. The third-order valence-corrected chi connectivity index (χ3v) is 5.87. The van der Waals surface area contributed by atoms with Crippen molar-refractivity contribution >= 4 is 23.3 Å². The van der Waals surface area contributed by atoms with E-state index in [1.165, 1.54) is 12.5 Å². The Hall–Kier alpha value is -4.28. The number of nitrogen functional groups attached to an aromatic ring is 1. The van der Waals surface area contributed by atoms with E-state index in [-0.39, 0.29) is 29.4 Å². The number of nitrogens with two attached hydrogens (primary N) is 1. The highest BCUT2D eigenvalue weighted by atomic mass is 16.3. The summed E-state index contributed by atoms with van der Waals surface area (Å²) in [6.07, 6.45) is 7.73. The van der Waals surface area contributed by atoms with Crippen LogP contribution in [0.15, 0.2) is 41.4 Å². The fourth-order valence-electron chi connectivity index (χ4n) is 3.95. The van der Waals surface area contributed by atoms with E-state index in [0.29, 0.717) is 36.3 Å². The number of likely N-dealkylation sites (N-methyl/N-ethyl adjacent to an activating group) is 1. The Labute approximate surface area is 188 Å². The number of carbonyl (C=O) groups is 2. The standard InChI is InChI=1S/C22H22N8O3/c1-12-9-25-15-5-3-13(11-30(12)15)17-18(22-24-7-8-33-22)28-20(23)19(27-17)21(32)26-10-14-4-6-16(31)29(14)2/h3,5,7-9,11,14H,4,6,10H2,1-2H3,(H2,23,28)(H,26,32). The molecule has 0 aliphatic carbocycles. The van der Waals surface area contributed by atoms with Gasteiger partial charge in [0.15, 0.2) is 17.2 Å². The number of oxazole rings is 1. The molecule has 1 atom stereocenters. The number of aromatic nitrogens is 5. The van der Waals surface area contributed by atoms with Gasteiger partial charge in [-0.15, -0.1) is 0 Å². The summed E-state index contributed by atoms with van der Waals surface area (Å²) in [6.45, 7) is 2.25. The van der Waals surface area contributed by atoms with Crippen molar-refractivity contribution in [1.82, 2.24) is 34.6 Å². The zero-order chi connectivity index (χ0) is 23.1. The zero-order valence-corrected chi connectivity index (χ0v) is 18.1. The predicted molar refractivity (Wildman–Crippen MR) is 119 cm³/mol. The SMILES string of the molecule is Cc1cnc2ccc(-c3nc(C(=O)NCC4CCC(=O)N4C)c(N)nc3-c3ncco3)cn12. The third-order valence-electron chi connectivity index (χ3n) is 5.87. The van der Waals surface area contributed by atoms with E-state index in [1.54, 1.807) is 18.1 Å². The van der Waals surface area contributed by atoms with Gasteiger partial charge < -0.3 is 24.8 Å². The minimum absolute atomic E-state index is 0.00488. The average Bonchev–Trinajstić information content (AvgIpc) is 3.55. The molecule has 0 aromatic carbocycles. The largest absolute Gasteiger partial charge is 0.443 e. The lowest BCUT2D eigenvalue weighted by Gasteiger charge is -2.20. The van der Waals surface area contributed by atoms with Crippen LogP contribution in [0.2, 0.25) is 0 Å². The molecule has 0 bridgehead atoms. The van der Waals surface area contributed by atoms with Gasteiger partial charge in [0, 0.05) is 49.7 Å². The molecule has 1 aliphatic heterocycles. The summed E-state index contributed by atoms with van der Waals surface area (Å²) in [6, 6.07) is 3.63. The summed E-state index contributed by atoms with van der Waals surface area (Å²) in [5.74, 6) is -0.200. The minimum Gasteiger partial charge on any atom is -0.443 e. The highest BCUT2D eigenvalue weighted by Crippen LogP contribution is 2.30. The van der Waals surface area contributed by atoms with Crippen molar-refractivity contribution in [3.63, 3.8) is 0 Å². The van der Waals surface area contributed by atoms with Crippen LogP contribution in [0, 0.1) is 6.92 Å². The Morgan fingerprint density at radius 3 is 2.85 bits per heavy atom. The second-order valence-corrected chi connectivity index (χ2v) is 7.94. The van der Waals surface area contributed by atoms with E-state index in [9.17, 15) is 9.59 Å². The molecule has 5 rings (SSSR count). The van der Waals surface area contributed by atoms with Crippen LogP contribution in [0.25, 0.3) is 28.5 Å². The lowest BCUT2D eigenvalue weighted by atomic mass is 10.1. The average molecular weight is 446 g/mol. The number of likely N-dealkylation sites (tertiary alicyclic amines) is 1. The van der Waals surface area contributed by atoms with Crippen LogP contribution in [-0.2, 0) is 4.79 Å². The summed E-state index contributed by atoms with van der Waals surface area (Å²) in [7, 11) is 1.73. The van der Waals surface area contributed by atoms with Crippen molar-refractivity contribution < 1.29 is 14.0 Å². The number of aryl methyl sites for hydroxylation is 1. The summed E-state index contributed by atoms with van der Waals surface area (Å²) in [4.78, 5) is 43.9.